The van der Waals surface area contributed by atoms with Crippen LogP contribution in [0.25, 0.3) is 89.4 Å². The largest absolute Gasteiger partial charge is 0.247 e. The molecular formula is C56H35N3. The second-order valence-corrected chi connectivity index (χ2v) is 15.5. The number of aromatic nitrogens is 3. The Hall–Kier alpha value is -7.75. The Morgan fingerprint density at radius 1 is 0.322 bits per heavy atom. The molecule has 0 N–H and O–H groups in total. The summed E-state index contributed by atoms with van der Waals surface area (Å²) in [4.78, 5) is 15.7. The van der Waals surface area contributed by atoms with Crippen LogP contribution in [0, 0.1) is 0 Å². The van der Waals surface area contributed by atoms with Crippen LogP contribution in [0.4, 0.5) is 0 Å². The van der Waals surface area contributed by atoms with Crippen LogP contribution in [0.3, 0.4) is 0 Å². The predicted molar refractivity (Wildman–Crippen MR) is 241 cm³/mol. The summed E-state index contributed by atoms with van der Waals surface area (Å²) in [6, 6.07) is 75.9. The van der Waals surface area contributed by atoms with Crippen molar-refractivity contribution in [2.45, 2.75) is 5.41 Å². The smallest absolute Gasteiger partial charge is 0.160 e. The highest BCUT2D eigenvalue weighted by molar-refractivity contribution is 6.06. The summed E-state index contributed by atoms with van der Waals surface area (Å²) in [6.07, 6.45) is 0. The molecule has 2 heterocycles. The molecule has 3 nitrogen and oxygen atoms in total. The van der Waals surface area contributed by atoms with Crippen molar-refractivity contribution in [1.82, 2.24) is 15.0 Å². The first-order valence-electron chi connectivity index (χ1n) is 20.2. The molecular weight excluding hydrogens is 715 g/mol. The maximum Gasteiger partial charge on any atom is 0.160 e. The Kier molecular flexibility index (Phi) is 7.45. The van der Waals surface area contributed by atoms with Gasteiger partial charge in [-0.2, -0.15) is 0 Å². The minimum atomic E-state index is -0.461. The highest BCUT2D eigenvalue weighted by atomic mass is 14.9. The van der Waals surface area contributed by atoms with E-state index in [1.54, 1.807) is 0 Å². The van der Waals surface area contributed by atoms with Gasteiger partial charge in [-0.25, -0.2) is 15.0 Å². The van der Waals surface area contributed by atoms with Gasteiger partial charge in [0.1, 0.15) is 0 Å². The van der Waals surface area contributed by atoms with Gasteiger partial charge in [0.25, 0.3) is 0 Å². The molecule has 0 bridgehead atoms. The SMILES string of the molecule is c1ccc(-c2cc(-c3ccccc3)nc(-c3cccc(-c4ccc(-c5nc6ccccc6c6c5-c5ccccc5C65c6ccccc6-c6ccccc65)cc4)c3)n2)cc1. The van der Waals surface area contributed by atoms with E-state index in [0.717, 1.165) is 56.0 Å². The third-order valence-corrected chi connectivity index (χ3v) is 12.3. The Balaban J connectivity index is 1.00. The first-order valence-corrected chi connectivity index (χ1v) is 20.2. The number of hydrogen-bond acceptors (Lipinski definition) is 3. The zero-order valence-electron chi connectivity index (χ0n) is 32.0. The number of pyridine rings is 1. The summed E-state index contributed by atoms with van der Waals surface area (Å²) in [5.41, 5.74) is 20.1. The number of nitrogens with zero attached hydrogens (tertiary/aromatic N) is 3. The molecule has 274 valence electrons. The fourth-order valence-corrected chi connectivity index (χ4v) is 9.78. The number of fused-ring (bicyclic) bond motifs is 12. The molecule has 2 aliphatic carbocycles. The van der Waals surface area contributed by atoms with Gasteiger partial charge >= 0.3 is 0 Å². The van der Waals surface area contributed by atoms with Crippen LogP contribution in [-0.2, 0) is 5.41 Å². The van der Waals surface area contributed by atoms with Gasteiger partial charge in [-0.1, -0.05) is 194 Å². The summed E-state index contributed by atoms with van der Waals surface area (Å²) in [5.74, 6) is 0.697. The van der Waals surface area contributed by atoms with Crippen molar-refractivity contribution in [3.8, 4) is 78.5 Å². The van der Waals surface area contributed by atoms with E-state index in [2.05, 4.69) is 200 Å². The summed E-state index contributed by atoms with van der Waals surface area (Å²) in [6.45, 7) is 0. The van der Waals surface area contributed by atoms with E-state index >= 15 is 0 Å². The normalized spacial score (nSPS) is 12.9. The Labute approximate surface area is 343 Å². The van der Waals surface area contributed by atoms with Crippen LogP contribution >= 0.6 is 0 Å². The molecule has 10 aromatic rings. The van der Waals surface area contributed by atoms with Crippen LogP contribution in [0.2, 0.25) is 0 Å². The first-order chi connectivity index (χ1) is 29.3. The molecule has 0 saturated heterocycles. The van der Waals surface area contributed by atoms with Gasteiger partial charge in [0.15, 0.2) is 5.82 Å². The van der Waals surface area contributed by atoms with Gasteiger partial charge in [-0.3, -0.25) is 0 Å². The number of rotatable bonds is 5. The average Bonchev–Trinajstić information content (AvgIpc) is 3.80. The van der Waals surface area contributed by atoms with Gasteiger partial charge in [0, 0.05) is 33.2 Å². The zero-order chi connectivity index (χ0) is 38.9. The molecule has 1 spiro atoms. The average molecular weight is 750 g/mol. The lowest BCUT2D eigenvalue weighted by Gasteiger charge is -2.31. The molecule has 0 fully saturated rings. The Morgan fingerprint density at radius 2 is 0.814 bits per heavy atom. The summed E-state index contributed by atoms with van der Waals surface area (Å²) < 4.78 is 0. The van der Waals surface area contributed by atoms with E-state index in [-0.39, 0.29) is 0 Å². The molecule has 8 aromatic carbocycles. The number of benzene rings is 8. The van der Waals surface area contributed by atoms with Gasteiger partial charge < -0.3 is 0 Å². The van der Waals surface area contributed by atoms with E-state index in [1.807, 2.05) is 12.1 Å². The monoisotopic (exact) mass is 749 g/mol. The van der Waals surface area contributed by atoms with Gasteiger partial charge in [-0.15, -0.1) is 0 Å². The standard InChI is InChI=1S/C56H35N3/c1-3-16-37(17-4-1)50-35-51(38-18-5-2-6-19-38)59-55(58-50)41-21-15-20-40(34-41)36-30-32-39(33-31-36)54-52-44-24-9-13-28-48(44)56(53(52)45-25-10-14-29-49(45)57-54)46-26-11-7-22-42(46)43-23-8-12-27-47(43)56/h1-35H. The molecule has 2 aliphatic rings. The maximum absolute atomic E-state index is 5.49. The van der Waals surface area contributed by atoms with Crippen LogP contribution < -0.4 is 0 Å². The van der Waals surface area contributed by atoms with Crippen molar-refractivity contribution in [2.75, 3.05) is 0 Å². The summed E-state index contributed by atoms with van der Waals surface area (Å²) >= 11 is 0. The minimum Gasteiger partial charge on any atom is -0.247 e. The second kappa shape index (κ2) is 13.2. The molecule has 0 saturated carbocycles. The van der Waals surface area contributed by atoms with E-state index in [0.29, 0.717) is 5.82 Å². The van der Waals surface area contributed by atoms with Crippen molar-refractivity contribution in [1.29, 1.82) is 0 Å². The molecule has 0 atom stereocenters. The zero-order valence-corrected chi connectivity index (χ0v) is 32.0. The van der Waals surface area contributed by atoms with Crippen LogP contribution in [0.15, 0.2) is 212 Å². The molecule has 3 heteroatoms. The number of para-hydroxylation sites is 1. The van der Waals surface area contributed by atoms with Crippen LogP contribution in [0.5, 0.6) is 0 Å². The van der Waals surface area contributed by atoms with Crippen molar-refractivity contribution in [3.05, 3.63) is 235 Å². The molecule has 2 aromatic heterocycles. The van der Waals surface area contributed by atoms with E-state index < -0.39 is 5.41 Å². The predicted octanol–water partition coefficient (Wildman–Crippen LogP) is 13.7. The lowest BCUT2D eigenvalue weighted by molar-refractivity contribution is 0.801. The molecule has 0 radical (unpaired) electrons. The fraction of sp³-hybridized carbons (Fsp3) is 0.0179. The molecule has 59 heavy (non-hydrogen) atoms. The topological polar surface area (TPSA) is 38.7 Å². The van der Waals surface area contributed by atoms with Gasteiger partial charge in [0.2, 0.25) is 0 Å². The van der Waals surface area contributed by atoms with Crippen molar-refractivity contribution in [2.24, 2.45) is 0 Å². The third kappa shape index (κ3) is 5.05. The minimum absolute atomic E-state index is 0.461. The maximum atomic E-state index is 5.49. The Bertz CT molecular complexity index is 3160. The van der Waals surface area contributed by atoms with E-state index in [4.69, 9.17) is 15.0 Å². The lowest BCUT2D eigenvalue weighted by Crippen LogP contribution is -2.26. The Morgan fingerprint density at radius 3 is 1.46 bits per heavy atom. The lowest BCUT2D eigenvalue weighted by atomic mass is 9.69. The van der Waals surface area contributed by atoms with E-state index in [1.165, 1.54) is 49.9 Å². The number of hydrogen-bond donors (Lipinski definition) is 0. The summed E-state index contributed by atoms with van der Waals surface area (Å²) in [5, 5.41) is 1.19. The van der Waals surface area contributed by atoms with Crippen molar-refractivity contribution >= 4 is 10.9 Å². The molecule has 12 rings (SSSR count). The fourth-order valence-electron chi connectivity index (χ4n) is 9.78. The first kappa shape index (κ1) is 33.4. The van der Waals surface area contributed by atoms with Crippen LogP contribution in [-0.4, -0.2) is 15.0 Å². The van der Waals surface area contributed by atoms with Gasteiger partial charge in [0.05, 0.1) is 28.0 Å². The molecule has 0 amide bonds. The quantitative estimate of drug-likeness (QED) is 0.176. The summed E-state index contributed by atoms with van der Waals surface area (Å²) in [7, 11) is 0. The van der Waals surface area contributed by atoms with E-state index in [9.17, 15) is 0 Å². The van der Waals surface area contributed by atoms with Crippen molar-refractivity contribution in [3.63, 3.8) is 0 Å². The highest BCUT2D eigenvalue weighted by Crippen LogP contribution is 2.65. The third-order valence-electron chi connectivity index (χ3n) is 12.3. The molecule has 0 aliphatic heterocycles. The van der Waals surface area contributed by atoms with Crippen LogP contribution in [0.1, 0.15) is 22.3 Å². The second-order valence-electron chi connectivity index (χ2n) is 15.5. The highest BCUT2D eigenvalue weighted by Gasteiger charge is 2.53. The van der Waals surface area contributed by atoms with Crippen molar-refractivity contribution < 1.29 is 0 Å². The molecule has 0 unspecified atom stereocenters. The van der Waals surface area contributed by atoms with Gasteiger partial charge in [-0.05, 0) is 68.3 Å².